The monoisotopic (exact) mass is 218 g/mol. The van der Waals surface area contributed by atoms with E-state index in [-0.39, 0.29) is 23.6 Å². The second kappa shape index (κ2) is 3.77. The zero-order valence-electron chi connectivity index (χ0n) is 8.67. The Balaban J connectivity index is 2.66. The Morgan fingerprint density at radius 3 is 2.94 bits per heavy atom. The van der Waals surface area contributed by atoms with Crippen LogP contribution in [0.5, 0.6) is 5.75 Å². The van der Waals surface area contributed by atoms with Crippen LogP contribution in [-0.2, 0) is 11.3 Å². The summed E-state index contributed by atoms with van der Waals surface area (Å²) < 4.78 is 1.25. The van der Waals surface area contributed by atoms with Crippen molar-refractivity contribution in [2.75, 3.05) is 0 Å². The van der Waals surface area contributed by atoms with E-state index in [1.807, 2.05) is 0 Å². The maximum absolute atomic E-state index is 11.9. The number of aromatic nitrogens is 2. The third kappa shape index (κ3) is 1.79. The van der Waals surface area contributed by atoms with Crippen LogP contribution in [0.4, 0.5) is 0 Å². The first-order chi connectivity index (χ1) is 7.58. The summed E-state index contributed by atoms with van der Waals surface area (Å²) in [6.07, 6.45) is 1.31. The minimum atomic E-state index is -0.278. The summed E-state index contributed by atoms with van der Waals surface area (Å²) in [5, 5.41) is 9.62. The number of phenolic OH excluding ortho intramolecular Hbond substituents is 1. The summed E-state index contributed by atoms with van der Waals surface area (Å²) in [6.45, 7) is 1.43. The van der Waals surface area contributed by atoms with E-state index in [4.69, 9.17) is 0 Å². The van der Waals surface area contributed by atoms with Crippen molar-refractivity contribution in [2.45, 2.75) is 13.5 Å². The van der Waals surface area contributed by atoms with Crippen molar-refractivity contribution in [3.63, 3.8) is 0 Å². The van der Waals surface area contributed by atoms with Crippen molar-refractivity contribution < 1.29 is 9.90 Å². The van der Waals surface area contributed by atoms with Crippen molar-refractivity contribution in [1.29, 1.82) is 0 Å². The van der Waals surface area contributed by atoms with Gasteiger partial charge >= 0.3 is 0 Å². The quantitative estimate of drug-likeness (QED) is 0.805. The maximum Gasteiger partial charge on any atom is 0.261 e. The highest BCUT2D eigenvalue weighted by atomic mass is 16.3. The SMILES string of the molecule is CC(=O)Cn1cnc2cc(O)ccc2c1=O. The summed E-state index contributed by atoms with van der Waals surface area (Å²) in [5.74, 6) is -0.0502. The Morgan fingerprint density at radius 1 is 1.50 bits per heavy atom. The van der Waals surface area contributed by atoms with Gasteiger partial charge < -0.3 is 5.11 Å². The van der Waals surface area contributed by atoms with Crippen molar-refractivity contribution in [3.8, 4) is 5.75 Å². The van der Waals surface area contributed by atoms with E-state index in [0.29, 0.717) is 10.9 Å². The number of benzene rings is 1. The van der Waals surface area contributed by atoms with Crippen LogP contribution in [-0.4, -0.2) is 20.4 Å². The van der Waals surface area contributed by atoms with E-state index in [2.05, 4.69) is 4.98 Å². The van der Waals surface area contributed by atoms with Crippen LogP contribution in [0.15, 0.2) is 29.3 Å². The van der Waals surface area contributed by atoms with Gasteiger partial charge in [0.15, 0.2) is 0 Å². The Kier molecular flexibility index (Phi) is 2.44. The van der Waals surface area contributed by atoms with Crippen molar-refractivity contribution in [2.24, 2.45) is 0 Å². The van der Waals surface area contributed by atoms with Crippen LogP contribution < -0.4 is 5.56 Å². The number of rotatable bonds is 2. The molecule has 0 aliphatic rings. The molecule has 5 nitrogen and oxygen atoms in total. The van der Waals surface area contributed by atoms with Crippen molar-refractivity contribution in [3.05, 3.63) is 34.9 Å². The molecule has 1 aromatic heterocycles. The Hall–Kier alpha value is -2.17. The molecule has 1 N–H and O–H groups in total. The van der Waals surface area contributed by atoms with E-state index in [1.54, 1.807) is 0 Å². The molecule has 5 heteroatoms. The molecular formula is C11H10N2O3. The highest BCUT2D eigenvalue weighted by Crippen LogP contribution is 2.14. The first kappa shape index (κ1) is 10.4. The molecule has 0 spiro atoms. The number of hydrogen-bond acceptors (Lipinski definition) is 4. The standard InChI is InChI=1S/C11H10N2O3/c1-7(14)5-13-6-12-10-4-8(15)2-3-9(10)11(13)16/h2-4,6,15H,5H2,1H3. The predicted molar refractivity (Wildman–Crippen MR) is 58.3 cm³/mol. The number of phenols is 1. The van der Waals surface area contributed by atoms with E-state index in [1.165, 1.54) is 36.0 Å². The molecule has 0 unspecified atom stereocenters. The van der Waals surface area contributed by atoms with Gasteiger partial charge in [0.2, 0.25) is 0 Å². The summed E-state index contributed by atoms with van der Waals surface area (Å²) in [5.41, 5.74) is 0.144. The second-order valence-corrected chi connectivity index (χ2v) is 3.58. The fourth-order valence-corrected chi connectivity index (χ4v) is 1.50. The third-order valence-corrected chi connectivity index (χ3v) is 2.20. The van der Waals surface area contributed by atoms with Crippen LogP contribution in [0.25, 0.3) is 10.9 Å². The molecule has 2 rings (SSSR count). The lowest BCUT2D eigenvalue weighted by atomic mass is 10.2. The minimum Gasteiger partial charge on any atom is -0.508 e. The highest BCUT2D eigenvalue weighted by molar-refractivity contribution is 5.79. The predicted octanol–water partition coefficient (Wildman–Crippen LogP) is 0.691. The molecule has 0 amide bonds. The molecule has 0 aliphatic heterocycles. The summed E-state index contributed by atoms with van der Waals surface area (Å²) in [4.78, 5) is 26.8. The number of Topliss-reactive ketones (excluding diaryl/α,β-unsaturated/α-hetero) is 1. The topological polar surface area (TPSA) is 72.2 Å². The lowest BCUT2D eigenvalue weighted by molar-refractivity contribution is -0.117. The first-order valence-corrected chi connectivity index (χ1v) is 4.75. The summed E-state index contributed by atoms with van der Waals surface area (Å²) in [6, 6.07) is 4.33. The molecule has 0 saturated carbocycles. The molecule has 1 aromatic carbocycles. The number of ketones is 1. The third-order valence-electron chi connectivity index (χ3n) is 2.20. The lowest BCUT2D eigenvalue weighted by Gasteiger charge is -2.04. The van der Waals surface area contributed by atoms with Crippen LogP contribution in [0.1, 0.15) is 6.92 Å². The van der Waals surface area contributed by atoms with Crippen molar-refractivity contribution >= 4 is 16.7 Å². The van der Waals surface area contributed by atoms with Gasteiger partial charge in [0.1, 0.15) is 11.5 Å². The Labute approximate surface area is 91.0 Å². The van der Waals surface area contributed by atoms with Crippen molar-refractivity contribution in [1.82, 2.24) is 9.55 Å². The molecule has 2 aromatic rings. The zero-order chi connectivity index (χ0) is 11.7. The summed E-state index contributed by atoms with van der Waals surface area (Å²) >= 11 is 0. The Bertz CT molecular complexity index is 616. The van der Waals surface area contributed by atoms with Gasteiger partial charge in [0, 0.05) is 6.07 Å². The van der Waals surface area contributed by atoms with Crippen LogP contribution in [0.3, 0.4) is 0 Å². The average Bonchev–Trinajstić information content (AvgIpc) is 2.22. The Morgan fingerprint density at radius 2 is 2.25 bits per heavy atom. The molecule has 1 heterocycles. The molecule has 16 heavy (non-hydrogen) atoms. The van der Waals surface area contributed by atoms with Gasteiger partial charge in [-0.25, -0.2) is 4.98 Å². The fourth-order valence-electron chi connectivity index (χ4n) is 1.50. The zero-order valence-corrected chi connectivity index (χ0v) is 8.67. The molecule has 0 fully saturated rings. The van der Waals surface area contributed by atoms with Crippen LogP contribution >= 0.6 is 0 Å². The average molecular weight is 218 g/mol. The van der Waals surface area contributed by atoms with Gasteiger partial charge in [-0.05, 0) is 19.1 Å². The number of carbonyl (C=O) groups is 1. The van der Waals surface area contributed by atoms with E-state index in [9.17, 15) is 14.7 Å². The molecule has 0 saturated heterocycles. The van der Waals surface area contributed by atoms with E-state index < -0.39 is 0 Å². The smallest absolute Gasteiger partial charge is 0.261 e. The first-order valence-electron chi connectivity index (χ1n) is 4.75. The normalized spacial score (nSPS) is 10.6. The molecule has 0 aliphatic carbocycles. The van der Waals surface area contributed by atoms with Gasteiger partial charge in [-0.3, -0.25) is 14.2 Å². The van der Waals surface area contributed by atoms with Crippen LogP contribution in [0.2, 0.25) is 0 Å². The maximum atomic E-state index is 11.9. The fraction of sp³-hybridized carbons (Fsp3) is 0.182. The van der Waals surface area contributed by atoms with Gasteiger partial charge in [-0.15, -0.1) is 0 Å². The van der Waals surface area contributed by atoms with Crippen LogP contribution in [0, 0.1) is 0 Å². The number of fused-ring (bicyclic) bond motifs is 1. The number of nitrogens with zero attached hydrogens (tertiary/aromatic N) is 2. The molecule has 0 bridgehead atoms. The molecule has 82 valence electrons. The largest absolute Gasteiger partial charge is 0.508 e. The lowest BCUT2D eigenvalue weighted by Crippen LogP contribution is -2.23. The van der Waals surface area contributed by atoms with Gasteiger partial charge in [-0.2, -0.15) is 0 Å². The molecular weight excluding hydrogens is 208 g/mol. The summed E-state index contributed by atoms with van der Waals surface area (Å²) in [7, 11) is 0. The molecule has 0 atom stereocenters. The number of aromatic hydroxyl groups is 1. The van der Waals surface area contributed by atoms with Gasteiger partial charge in [0.05, 0.1) is 23.8 Å². The highest BCUT2D eigenvalue weighted by Gasteiger charge is 2.05. The minimum absolute atomic E-state index is 0.0165. The number of hydrogen-bond donors (Lipinski definition) is 1. The molecule has 0 radical (unpaired) electrons. The number of carbonyl (C=O) groups excluding carboxylic acids is 1. The van der Waals surface area contributed by atoms with Gasteiger partial charge in [0.25, 0.3) is 5.56 Å². The van der Waals surface area contributed by atoms with Gasteiger partial charge in [-0.1, -0.05) is 0 Å². The van der Waals surface area contributed by atoms with E-state index in [0.717, 1.165) is 0 Å². The van der Waals surface area contributed by atoms with E-state index >= 15 is 0 Å². The second-order valence-electron chi connectivity index (χ2n) is 3.58.